The predicted molar refractivity (Wildman–Crippen MR) is 134 cm³/mol. The summed E-state index contributed by atoms with van der Waals surface area (Å²) < 4.78 is 30.0. The lowest BCUT2D eigenvalue weighted by molar-refractivity contribution is 0.602. The molecule has 172 valence electrons. The zero-order valence-corrected chi connectivity index (χ0v) is 20.4. The zero-order valence-electron chi connectivity index (χ0n) is 18.1. The van der Waals surface area contributed by atoms with Gasteiger partial charge in [-0.15, -0.1) is 0 Å². The third kappa shape index (κ3) is 4.85. The lowest BCUT2D eigenvalue weighted by Gasteiger charge is -2.16. The highest BCUT2D eigenvalue weighted by molar-refractivity contribution is 7.92. The number of rotatable bonds is 6. The smallest absolute Gasteiger partial charge is 0.261 e. The molecule has 0 aliphatic rings. The number of sulfonamides is 1. The molecule has 0 saturated heterocycles. The molecule has 0 unspecified atom stereocenters. The number of benzene rings is 2. The molecule has 2 aromatic carbocycles. The molecule has 2 aromatic heterocycles. The van der Waals surface area contributed by atoms with E-state index in [4.69, 9.17) is 23.2 Å². The number of hydrogen-bond acceptors (Lipinski definition) is 5. The molecule has 4 aromatic rings. The van der Waals surface area contributed by atoms with Crippen LogP contribution in [0.5, 0.6) is 0 Å². The van der Waals surface area contributed by atoms with Crippen molar-refractivity contribution in [3.8, 4) is 11.1 Å². The van der Waals surface area contributed by atoms with Crippen LogP contribution in [0.15, 0.2) is 53.6 Å². The summed E-state index contributed by atoms with van der Waals surface area (Å²) in [5, 5.41) is 9.16. The summed E-state index contributed by atoms with van der Waals surface area (Å²) in [4.78, 5) is 12.6. The molecule has 8 nitrogen and oxygen atoms in total. The molecule has 0 bridgehead atoms. The summed E-state index contributed by atoms with van der Waals surface area (Å²) in [5.74, 6) is -0.0618. The van der Waals surface area contributed by atoms with Gasteiger partial charge in [0, 0.05) is 64.7 Å². The molecule has 2 heterocycles. The van der Waals surface area contributed by atoms with E-state index in [0.29, 0.717) is 49.1 Å². The van der Waals surface area contributed by atoms with Crippen LogP contribution in [0.2, 0.25) is 10.0 Å². The van der Waals surface area contributed by atoms with Crippen molar-refractivity contribution in [1.82, 2.24) is 14.3 Å². The van der Waals surface area contributed by atoms with E-state index < -0.39 is 10.0 Å². The summed E-state index contributed by atoms with van der Waals surface area (Å²) in [6.07, 6.45) is 3.34. The van der Waals surface area contributed by atoms with Crippen molar-refractivity contribution < 1.29 is 8.42 Å². The Labute approximate surface area is 200 Å². The largest absolute Gasteiger partial charge is 0.355 e. The Morgan fingerprint density at radius 1 is 0.970 bits per heavy atom. The van der Waals surface area contributed by atoms with E-state index >= 15 is 0 Å². The van der Waals surface area contributed by atoms with Gasteiger partial charge in [-0.1, -0.05) is 23.2 Å². The van der Waals surface area contributed by atoms with Gasteiger partial charge in [0.15, 0.2) is 0 Å². The average Bonchev–Trinajstić information content (AvgIpc) is 3.13. The maximum Gasteiger partial charge on any atom is 0.261 e. The Morgan fingerprint density at radius 2 is 1.67 bits per heavy atom. The lowest BCUT2D eigenvalue weighted by Crippen LogP contribution is -2.16. The molecule has 0 radical (unpaired) electrons. The molecule has 0 aliphatic carbocycles. The summed E-state index contributed by atoms with van der Waals surface area (Å²) in [6, 6.07) is 10.2. The molecule has 4 rings (SSSR count). The normalized spacial score (nSPS) is 11.7. The summed E-state index contributed by atoms with van der Waals surface area (Å²) in [5.41, 5.74) is 3.31. The zero-order chi connectivity index (χ0) is 23.9. The van der Waals surface area contributed by atoms with Crippen LogP contribution in [0.3, 0.4) is 0 Å². The van der Waals surface area contributed by atoms with E-state index in [1.165, 1.54) is 4.57 Å². The van der Waals surface area contributed by atoms with Gasteiger partial charge in [-0.25, -0.2) is 8.42 Å². The van der Waals surface area contributed by atoms with Crippen molar-refractivity contribution in [2.45, 2.75) is 6.92 Å². The number of nitrogens with one attached hydrogen (secondary N) is 2. The van der Waals surface area contributed by atoms with Gasteiger partial charge in [0.2, 0.25) is 10.0 Å². The SMILES string of the molecule is CCS(=O)(=O)Nc1ccc(Nc2cc(Cl)cc(Cl)c2)c(-c2cn(C)c(=O)c3cn(C)nc23)c1. The minimum atomic E-state index is -3.49. The first-order valence-electron chi connectivity index (χ1n) is 9.97. The summed E-state index contributed by atoms with van der Waals surface area (Å²) in [7, 11) is -0.0912. The fourth-order valence-corrected chi connectivity index (χ4v) is 4.67. The quantitative estimate of drug-likeness (QED) is 0.393. The number of pyridine rings is 1. The van der Waals surface area contributed by atoms with Gasteiger partial charge >= 0.3 is 0 Å². The van der Waals surface area contributed by atoms with Crippen LogP contribution < -0.4 is 15.6 Å². The van der Waals surface area contributed by atoms with Crippen molar-refractivity contribution in [3.05, 3.63) is 69.2 Å². The van der Waals surface area contributed by atoms with Crippen molar-refractivity contribution in [2.75, 3.05) is 15.8 Å². The number of anilines is 3. The third-order valence-corrected chi connectivity index (χ3v) is 6.81. The Kier molecular flexibility index (Phi) is 6.13. The molecule has 11 heteroatoms. The summed E-state index contributed by atoms with van der Waals surface area (Å²) in [6.45, 7) is 1.56. The van der Waals surface area contributed by atoms with Gasteiger partial charge < -0.3 is 9.88 Å². The highest BCUT2D eigenvalue weighted by Gasteiger charge is 2.18. The third-order valence-electron chi connectivity index (χ3n) is 5.06. The Morgan fingerprint density at radius 3 is 2.33 bits per heavy atom. The minimum Gasteiger partial charge on any atom is -0.355 e. The minimum absolute atomic E-state index is 0.0618. The fraction of sp³-hybridized carbons (Fsp3) is 0.182. The van der Waals surface area contributed by atoms with Crippen LogP contribution in [0.25, 0.3) is 22.0 Å². The van der Waals surface area contributed by atoms with Gasteiger partial charge in [0.1, 0.15) is 5.52 Å². The number of aryl methyl sites for hydroxylation is 2. The van der Waals surface area contributed by atoms with Crippen molar-refractivity contribution >= 4 is 61.2 Å². The molecule has 33 heavy (non-hydrogen) atoms. The van der Waals surface area contributed by atoms with E-state index in [-0.39, 0.29) is 11.3 Å². The van der Waals surface area contributed by atoms with Gasteiger partial charge in [0.05, 0.1) is 11.1 Å². The molecule has 0 aliphatic heterocycles. The highest BCUT2D eigenvalue weighted by Crippen LogP contribution is 2.36. The fourth-order valence-electron chi connectivity index (χ4n) is 3.52. The van der Waals surface area contributed by atoms with E-state index in [1.54, 1.807) is 74.5 Å². The van der Waals surface area contributed by atoms with Crippen LogP contribution in [0, 0.1) is 0 Å². The molecular weight excluding hydrogens is 485 g/mol. The number of hydrogen-bond donors (Lipinski definition) is 2. The van der Waals surface area contributed by atoms with Crippen LogP contribution >= 0.6 is 23.2 Å². The number of nitrogens with zero attached hydrogens (tertiary/aromatic N) is 3. The first kappa shape index (κ1) is 23.2. The van der Waals surface area contributed by atoms with Crippen molar-refractivity contribution in [2.24, 2.45) is 14.1 Å². The van der Waals surface area contributed by atoms with Gasteiger partial charge in [-0.3, -0.25) is 14.2 Å². The van der Waals surface area contributed by atoms with Crippen molar-refractivity contribution in [3.63, 3.8) is 0 Å². The van der Waals surface area contributed by atoms with Gasteiger partial charge in [-0.05, 0) is 43.3 Å². The average molecular weight is 506 g/mol. The van der Waals surface area contributed by atoms with E-state index in [1.807, 2.05) is 0 Å². The van der Waals surface area contributed by atoms with Crippen LogP contribution in [-0.2, 0) is 24.1 Å². The van der Waals surface area contributed by atoms with Gasteiger partial charge in [0.25, 0.3) is 5.56 Å². The molecular formula is C22H21Cl2N5O3S. The number of aromatic nitrogens is 3. The highest BCUT2D eigenvalue weighted by atomic mass is 35.5. The molecule has 0 atom stereocenters. The second-order valence-electron chi connectivity index (χ2n) is 7.57. The Balaban J connectivity index is 1.95. The molecule has 0 saturated carbocycles. The number of halogens is 2. The Bertz CT molecular complexity index is 1520. The van der Waals surface area contributed by atoms with Gasteiger partial charge in [-0.2, -0.15) is 5.10 Å². The maximum atomic E-state index is 12.6. The molecule has 0 fully saturated rings. The molecule has 0 amide bonds. The second-order valence-corrected chi connectivity index (χ2v) is 10.5. The Hall–Kier alpha value is -3.01. The van der Waals surface area contributed by atoms with Crippen LogP contribution in [-0.4, -0.2) is 28.5 Å². The summed E-state index contributed by atoms with van der Waals surface area (Å²) >= 11 is 12.3. The first-order valence-corrected chi connectivity index (χ1v) is 12.4. The molecule has 2 N–H and O–H groups in total. The topological polar surface area (TPSA) is 98.0 Å². The first-order chi connectivity index (χ1) is 15.6. The standard InChI is InChI=1S/C22H21Cl2N5O3S/c1-4-33(31,32)27-15-5-6-20(25-16-8-13(23)7-14(24)9-16)17(10-15)18-11-28(2)22(30)19-12-29(3)26-21(18)19/h5-12,25,27H,4H2,1-3H3. The molecule has 0 spiro atoms. The van der Waals surface area contributed by atoms with E-state index in [2.05, 4.69) is 15.1 Å². The lowest BCUT2D eigenvalue weighted by atomic mass is 10.0. The monoisotopic (exact) mass is 505 g/mol. The van der Waals surface area contributed by atoms with E-state index in [0.717, 1.165) is 0 Å². The van der Waals surface area contributed by atoms with E-state index in [9.17, 15) is 13.2 Å². The maximum absolute atomic E-state index is 12.6. The van der Waals surface area contributed by atoms with Crippen LogP contribution in [0.1, 0.15) is 6.92 Å². The predicted octanol–water partition coefficient (Wildman–Crippen LogP) is 4.75. The number of fused-ring (bicyclic) bond motifs is 1. The second kappa shape index (κ2) is 8.74. The van der Waals surface area contributed by atoms with Crippen LogP contribution in [0.4, 0.5) is 17.1 Å². The van der Waals surface area contributed by atoms with Crippen molar-refractivity contribution in [1.29, 1.82) is 0 Å².